The Morgan fingerprint density at radius 3 is 2.63 bits per heavy atom. The summed E-state index contributed by atoms with van der Waals surface area (Å²) >= 11 is 7.55. The molecule has 0 saturated carbocycles. The Kier molecular flexibility index (Phi) is 5.70. The molecule has 0 bridgehead atoms. The normalized spacial score (nSPS) is 12.1. The summed E-state index contributed by atoms with van der Waals surface area (Å²) in [5.41, 5.74) is 3.30. The number of hydrogen-bond acceptors (Lipinski definition) is 4. The lowest BCUT2D eigenvalue weighted by Crippen LogP contribution is -2.31. The molecule has 0 aliphatic rings. The molecular weight excluding hydrogens is 418 g/mol. The quantitative estimate of drug-likeness (QED) is 0.445. The van der Waals surface area contributed by atoms with Gasteiger partial charge in [-0.1, -0.05) is 54.9 Å². The van der Waals surface area contributed by atoms with Crippen LogP contribution in [0, 0.1) is 0 Å². The molecule has 0 spiro atoms. The molecule has 1 amide bonds. The molecule has 0 fully saturated rings. The second-order valence-electron chi connectivity index (χ2n) is 6.98. The first-order chi connectivity index (χ1) is 14.5. The third kappa shape index (κ3) is 3.76. The van der Waals surface area contributed by atoms with Gasteiger partial charge in [0.1, 0.15) is 10.9 Å². The second kappa shape index (κ2) is 8.42. The van der Waals surface area contributed by atoms with Crippen molar-refractivity contribution in [2.24, 2.45) is 0 Å². The number of aryl methyl sites for hydroxylation is 1. The molecule has 2 heterocycles. The summed E-state index contributed by atoms with van der Waals surface area (Å²) < 4.78 is 1.37. The van der Waals surface area contributed by atoms with E-state index in [1.54, 1.807) is 31.2 Å². The fourth-order valence-electron chi connectivity index (χ4n) is 3.28. The Balaban J connectivity index is 1.71. The van der Waals surface area contributed by atoms with Gasteiger partial charge in [0.15, 0.2) is 0 Å². The maximum atomic E-state index is 13.3. The first-order valence-electron chi connectivity index (χ1n) is 9.62. The van der Waals surface area contributed by atoms with Gasteiger partial charge in [-0.15, -0.1) is 11.3 Å². The summed E-state index contributed by atoms with van der Waals surface area (Å²) in [6, 6.07) is 14.4. The van der Waals surface area contributed by atoms with Gasteiger partial charge in [0.2, 0.25) is 5.91 Å². The number of hydrogen-bond donors (Lipinski definition) is 1. The molecule has 1 N–H and O–H groups in total. The number of aromatic nitrogens is 2. The lowest BCUT2D eigenvalue weighted by Gasteiger charge is -2.15. The van der Waals surface area contributed by atoms with Gasteiger partial charge < -0.3 is 5.32 Å². The van der Waals surface area contributed by atoms with Crippen LogP contribution in [0.3, 0.4) is 0 Å². The van der Waals surface area contributed by atoms with Crippen molar-refractivity contribution in [2.45, 2.75) is 26.3 Å². The van der Waals surface area contributed by atoms with Gasteiger partial charge in [0.05, 0.1) is 22.4 Å². The summed E-state index contributed by atoms with van der Waals surface area (Å²) in [7, 11) is 0. The average Bonchev–Trinajstić information content (AvgIpc) is 3.20. The van der Waals surface area contributed by atoms with Crippen LogP contribution in [0.15, 0.2) is 65.0 Å². The topological polar surface area (TPSA) is 64.0 Å². The first kappa shape index (κ1) is 20.3. The van der Waals surface area contributed by atoms with Crippen molar-refractivity contribution >= 4 is 44.7 Å². The summed E-state index contributed by atoms with van der Waals surface area (Å²) in [6.07, 6.45) is 2.39. The van der Waals surface area contributed by atoms with Crippen LogP contribution in [0.2, 0.25) is 5.02 Å². The number of fused-ring (bicyclic) bond motifs is 1. The lowest BCUT2D eigenvalue weighted by molar-refractivity contribution is -0.118. The minimum atomic E-state index is -0.749. The van der Waals surface area contributed by atoms with E-state index in [0.29, 0.717) is 20.9 Å². The Bertz CT molecular complexity index is 1280. The molecule has 7 heteroatoms. The number of carbonyl (C=O) groups is 1. The van der Waals surface area contributed by atoms with Crippen molar-refractivity contribution in [2.75, 3.05) is 5.32 Å². The number of para-hydroxylation sites is 1. The van der Waals surface area contributed by atoms with Gasteiger partial charge in [0.25, 0.3) is 5.56 Å². The Labute approximate surface area is 183 Å². The minimum absolute atomic E-state index is 0.238. The lowest BCUT2D eigenvalue weighted by atomic mass is 10.0. The molecule has 1 unspecified atom stereocenters. The molecule has 152 valence electrons. The third-order valence-electron chi connectivity index (χ3n) is 5.12. The highest BCUT2D eigenvalue weighted by atomic mass is 35.5. The van der Waals surface area contributed by atoms with Crippen LogP contribution in [0.4, 0.5) is 5.69 Å². The molecule has 2 aromatic heterocycles. The maximum Gasteiger partial charge on any atom is 0.263 e. The highest BCUT2D eigenvalue weighted by Crippen LogP contribution is 2.31. The molecule has 4 rings (SSSR count). The number of halogens is 1. The van der Waals surface area contributed by atoms with Gasteiger partial charge >= 0.3 is 0 Å². The molecule has 0 aliphatic heterocycles. The van der Waals surface area contributed by atoms with Crippen molar-refractivity contribution in [3.63, 3.8) is 0 Å². The van der Waals surface area contributed by atoms with Crippen LogP contribution < -0.4 is 10.9 Å². The standard InChI is InChI=1S/C23H20ClN3O2S/c1-3-15-8-10-16(11-9-15)17-12-30-22-20(17)23(29)27(13-25-22)14(2)21(28)26-19-7-5-4-6-18(19)24/h4-14H,3H2,1-2H3,(H,26,28). The van der Waals surface area contributed by atoms with Gasteiger partial charge in [0, 0.05) is 10.9 Å². The average molecular weight is 438 g/mol. The van der Waals surface area contributed by atoms with Crippen LogP contribution >= 0.6 is 22.9 Å². The molecule has 2 aromatic carbocycles. The van der Waals surface area contributed by atoms with E-state index in [-0.39, 0.29) is 11.5 Å². The molecule has 0 radical (unpaired) electrons. The number of benzene rings is 2. The van der Waals surface area contributed by atoms with E-state index in [4.69, 9.17) is 11.6 Å². The highest BCUT2D eigenvalue weighted by Gasteiger charge is 2.21. The molecule has 30 heavy (non-hydrogen) atoms. The van der Waals surface area contributed by atoms with Crippen LogP contribution in [-0.4, -0.2) is 15.5 Å². The van der Waals surface area contributed by atoms with Crippen LogP contribution in [0.1, 0.15) is 25.5 Å². The third-order valence-corrected chi connectivity index (χ3v) is 6.34. The number of carbonyl (C=O) groups excluding carboxylic acids is 1. The van der Waals surface area contributed by atoms with Crippen molar-refractivity contribution in [3.8, 4) is 11.1 Å². The first-order valence-corrected chi connectivity index (χ1v) is 10.9. The largest absolute Gasteiger partial charge is 0.323 e. The van der Waals surface area contributed by atoms with E-state index in [9.17, 15) is 9.59 Å². The Hall–Kier alpha value is -2.96. The highest BCUT2D eigenvalue weighted by molar-refractivity contribution is 7.17. The van der Waals surface area contributed by atoms with Gasteiger partial charge in [-0.2, -0.15) is 0 Å². The zero-order valence-corrected chi connectivity index (χ0v) is 18.1. The summed E-state index contributed by atoms with van der Waals surface area (Å²) in [5.74, 6) is -0.338. The van der Waals surface area contributed by atoms with E-state index in [1.165, 1.54) is 27.8 Å². The number of nitrogens with one attached hydrogen (secondary N) is 1. The van der Waals surface area contributed by atoms with Crippen molar-refractivity contribution in [1.29, 1.82) is 0 Å². The van der Waals surface area contributed by atoms with Crippen molar-refractivity contribution in [3.05, 3.63) is 81.2 Å². The SMILES string of the molecule is CCc1ccc(-c2csc3ncn(C(C)C(=O)Nc4ccccc4Cl)c(=O)c23)cc1. The zero-order valence-electron chi connectivity index (χ0n) is 16.6. The van der Waals surface area contributed by atoms with E-state index >= 15 is 0 Å². The number of thiophene rings is 1. The number of amides is 1. The van der Waals surface area contributed by atoms with E-state index in [2.05, 4.69) is 29.4 Å². The van der Waals surface area contributed by atoms with E-state index in [1.807, 2.05) is 17.5 Å². The van der Waals surface area contributed by atoms with E-state index in [0.717, 1.165) is 17.5 Å². The molecule has 0 saturated heterocycles. The predicted octanol–water partition coefficient (Wildman–Crippen LogP) is 5.54. The number of rotatable bonds is 5. The second-order valence-corrected chi connectivity index (χ2v) is 8.25. The van der Waals surface area contributed by atoms with Crippen molar-refractivity contribution in [1.82, 2.24) is 9.55 Å². The maximum absolute atomic E-state index is 13.3. The summed E-state index contributed by atoms with van der Waals surface area (Å²) in [4.78, 5) is 31.1. The van der Waals surface area contributed by atoms with Gasteiger partial charge in [-0.3, -0.25) is 14.2 Å². The monoisotopic (exact) mass is 437 g/mol. The zero-order chi connectivity index (χ0) is 21.3. The fraction of sp³-hybridized carbons (Fsp3) is 0.174. The predicted molar refractivity (Wildman–Crippen MR) is 123 cm³/mol. The smallest absolute Gasteiger partial charge is 0.263 e. The molecular formula is C23H20ClN3O2S. The van der Waals surface area contributed by atoms with Gasteiger partial charge in [-0.05, 0) is 36.6 Å². The molecule has 0 aliphatic carbocycles. The van der Waals surface area contributed by atoms with E-state index < -0.39 is 6.04 Å². The van der Waals surface area contributed by atoms with Crippen LogP contribution in [0.25, 0.3) is 21.3 Å². The van der Waals surface area contributed by atoms with Crippen LogP contribution in [-0.2, 0) is 11.2 Å². The Morgan fingerprint density at radius 2 is 1.93 bits per heavy atom. The van der Waals surface area contributed by atoms with Gasteiger partial charge in [-0.25, -0.2) is 4.98 Å². The fourth-order valence-corrected chi connectivity index (χ4v) is 4.37. The molecule has 5 nitrogen and oxygen atoms in total. The van der Waals surface area contributed by atoms with Crippen molar-refractivity contribution < 1.29 is 4.79 Å². The number of anilines is 1. The minimum Gasteiger partial charge on any atom is -0.323 e. The summed E-state index contributed by atoms with van der Waals surface area (Å²) in [6.45, 7) is 3.77. The molecule has 1 atom stereocenters. The Morgan fingerprint density at radius 1 is 1.20 bits per heavy atom. The van der Waals surface area contributed by atoms with Crippen LogP contribution in [0.5, 0.6) is 0 Å². The number of nitrogens with zero attached hydrogens (tertiary/aromatic N) is 2. The molecule has 4 aromatic rings. The summed E-state index contributed by atoms with van der Waals surface area (Å²) in [5, 5.41) is 5.70.